The van der Waals surface area contributed by atoms with E-state index in [1.807, 2.05) is 36.1 Å². The molecule has 8 rings (SSSR count). The molecule has 0 spiro atoms. The zero-order chi connectivity index (χ0) is 34.5. The van der Waals surface area contributed by atoms with Crippen molar-refractivity contribution in [2.45, 2.75) is 38.3 Å². The predicted octanol–water partition coefficient (Wildman–Crippen LogP) is 3.07. The second kappa shape index (κ2) is 12.5. The number of nitrogens with zero attached hydrogens (tertiary/aromatic N) is 8. The number of aromatic nitrogens is 5. The summed E-state index contributed by atoms with van der Waals surface area (Å²) in [7, 11) is 3.52. The molecule has 4 amide bonds. The number of amides is 4. The quantitative estimate of drug-likeness (QED) is 0.252. The first-order valence-corrected chi connectivity index (χ1v) is 16.9. The first kappa shape index (κ1) is 31.4. The van der Waals surface area contributed by atoms with Crippen molar-refractivity contribution in [1.82, 2.24) is 40.1 Å². The van der Waals surface area contributed by atoms with Gasteiger partial charge in [-0.15, -0.1) is 10.2 Å². The van der Waals surface area contributed by atoms with Gasteiger partial charge in [0.1, 0.15) is 11.4 Å². The first-order valence-electron chi connectivity index (χ1n) is 16.9. The van der Waals surface area contributed by atoms with Crippen molar-refractivity contribution in [3.63, 3.8) is 0 Å². The molecule has 3 aliphatic heterocycles. The van der Waals surface area contributed by atoms with Crippen LogP contribution in [0.2, 0.25) is 0 Å². The minimum Gasteiger partial charge on any atom is -0.366 e. The summed E-state index contributed by atoms with van der Waals surface area (Å²) in [4.78, 5) is 61.4. The van der Waals surface area contributed by atoms with E-state index in [9.17, 15) is 19.2 Å². The molecule has 50 heavy (non-hydrogen) atoms. The standard InChI is InChI=1S/C35H37N11O4/c1-36-33(48)30-27(15-29(41-42-30)40-32(47)20-11-12-20)38-24-8-5-7-22-23-16-37-46(28(23)19-43(2)31(22)24)21-17-45(18-21)35(50)26-10-6-9-25(39-26)34(49)44-13-3-4-14-44/h5-10,15-16,20-21H,3-4,11-14,17-19H2,1-2H3,(H,36,48)(H2,38,40,41,47). The summed E-state index contributed by atoms with van der Waals surface area (Å²) in [5, 5.41) is 21.8. The van der Waals surface area contributed by atoms with Gasteiger partial charge in [-0.05, 0) is 43.9 Å². The molecule has 1 aliphatic carbocycles. The van der Waals surface area contributed by atoms with E-state index in [-0.39, 0.29) is 46.9 Å². The summed E-state index contributed by atoms with van der Waals surface area (Å²) in [5.74, 6) is -0.580. The number of hydrogen-bond acceptors (Lipinski definition) is 10. The highest BCUT2D eigenvalue weighted by atomic mass is 16.2. The minimum atomic E-state index is -0.408. The minimum absolute atomic E-state index is 0.00403. The van der Waals surface area contributed by atoms with Gasteiger partial charge in [0.15, 0.2) is 11.5 Å². The fraction of sp³-hybridized carbons (Fsp3) is 0.371. The molecule has 3 N–H and O–H groups in total. The van der Waals surface area contributed by atoms with Crippen molar-refractivity contribution in [2.75, 3.05) is 55.8 Å². The highest BCUT2D eigenvalue weighted by molar-refractivity contribution is 6.01. The van der Waals surface area contributed by atoms with Crippen LogP contribution in [0.5, 0.6) is 0 Å². The van der Waals surface area contributed by atoms with Crippen molar-refractivity contribution in [2.24, 2.45) is 5.92 Å². The monoisotopic (exact) mass is 675 g/mol. The molecule has 15 nitrogen and oxygen atoms in total. The molecule has 0 atom stereocenters. The molecule has 4 aliphatic rings. The number of pyridine rings is 1. The summed E-state index contributed by atoms with van der Waals surface area (Å²) in [6, 6.07) is 12.6. The van der Waals surface area contributed by atoms with Crippen LogP contribution in [0.4, 0.5) is 22.9 Å². The summed E-state index contributed by atoms with van der Waals surface area (Å²) >= 11 is 0. The Morgan fingerprint density at radius 3 is 2.30 bits per heavy atom. The molecule has 2 saturated heterocycles. The smallest absolute Gasteiger partial charge is 0.273 e. The van der Waals surface area contributed by atoms with E-state index >= 15 is 0 Å². The van der Waals surface area contributed by atoms with Crippen LogP contribution in [0, 0.1) is 5.92 Å². The average molecular weight is 676 g/mol. The highest BCUT2D eigenvalue weighted by Gasteiger charge is 2.37. The fourth-order valence-corrected chi connectivity index (χ4v) is 6.91. The number of carbonyl (C=O) groups is 4. The van der Waals surface area contributed by atoms with Crippen LogP contribution in [0.15, 0.2) is 48.7 Å². The van der Waals surface area contributed by atoms with Gasteiger partial charge in [0.2, 0.25) is 5.91 Å². The van der Waals surface area contributed by atoms with Crippen LogP contribution >= 0.6 is 0 Å². The number of para-hydroxylation sites is 1. The van der Waals surface area contributed by atoms with Gasteiger partial charge < -0.3 is 30.7 Å². The second-order valence-electron chi connectivity index (χ2n) is 13.2. The SMILES string of the molecule is CNC(=O)c1nnc(NC(=O)C2CC2)cc1Nc1cccc2c1N(C)Cc1c-2cnn1C1CN(C(=O)c2cccc(C(=O)N3CCCC3)n2)C1. The van der Waals surface area contributed by atoms with Crippen LogP contribution in [0.3, 0.4) is 0 Å². The van der Waals surface area contributed by atoms with Gasteiger partial charge in [0, 0.05) is 63.4 Å². The van der Waals surface area contributed by atoms with Crippen LogP contribution in [-0.4, -0.2) is 98.7 Å². The van der Waals surface area contributed by atoms with E-state index in [1.54, 1.807) is 34.1 Å². The van der Waals surface area contributed by atoms with E-state index in [1.165, 1.54) is 7.05 Å². The Morgan fingerprint density at radius 1 is 0.860 bits per heavy atom. The molecule has 0 bridgehead atoms. The molecule has 15 heteroatoms. The molecule has 3 aromatic heterocycles. The van der Waals surface area contributed by atoms with Gasteiger partial charge in [-0.2, -0.15) is 5.10 Å². The van der Waals surface area contributed by atoms with Gasteiger partial charge in [-0.1, -0.05) is 18.2 Å². The van der Waals surface area contributed by atoms with Crippen molar-refractivity contribution >= 4 is 46.5 Å². The Labute approximate surface area is 288 Å². The van der Waals surface area contributed by atoms with Gasteiger partial charge >= 0.3 is 0 Å². The van der Waals surface area contributed by atoms with Crippen molar-refractivity contribution in [1.29, 1.82) is 0 Å². The lowest BCUT2D eigenvalue weighted by Crippen LogP contribution is -2.51. The second-order valence-corrected chi connectivity index (χ2v) is 13.2. The third-order valence-corrected chi connectivity index (χ3v) is 9.77. The van der Waals surface area contributed by atoms with Crippen molar-refractivity contribution in [3.8, 4) is 11.1 Å². The van der Waals surface area contributed by atoms with E-state index in [4.69, 9.17) is 5.10 Å². The zero-order valence-electron chi connectivity index (χ0n) is 27.8. The number of benzene rings is 1. The zero-order valence-corrected chi connectivity index (χ0v) is 27.8. The fourth-order valence-electron chi connectivity index (χ4n) is 6.91. The average Bonchev–Trinajstić information content (AvgIpc) is 3.67. The lowest BCUT2D eigenvalue weighted by molar-refractivity contribution is -0.117. The molecule has 1 saturated carbocycles. The maximum atomic E-state index is 13.4. The lowest BCUT2D eigenvalue weighted by Gasteiger charge is -2.40. The number of nitrogens with one attached hydrogen (secondary N) is 3. The Morgan fingerprint density at radius 2 is 1.58 bits per heavy atom. The van der Waals surface area contributed by atoms with E-state index < -0.39 is 5.91 Å². The predicted molar refractivity (Wildman–Crippen MR) is 184 cm³/mol. The maximum absolute atomic E-state index is 13.4. The number of fused-ring (bicyclic) bond motifs is 3. The summed E-state index contributed by atoms with van der Waals surface area (Å²) in [6.45, 7) is 2.97. The molecular formula is C35H37N11O4. The van der Waals surface area contributed by atoms with E-state index in [0.717, 1.165) is 67.0 Å². The summed E-state index contributed by atoms with van der Waals surface area (Å²) < 4.78 is 2.00. The number of likely N-dealkylation sites (tertiary alicyclic amines) is 2. The Hall–Kier alpha value is -5.86. The van der Waals surface area contributed by atoms with Crippen molar-refractivity contribution < 1.29 is 19.2 Å². The van der Waals surface area contributed by atoms with Gasteiger partial charge in [-0.25, -0.2) is 4.98 Å². The van der Waals surface area contributed by atoms with E-state index in [0.29, 0.717) is 31.0 Å². The third kappa shape index (κ3) is 5.67. The normalized spacial score (nSPS) is 16.7. The molecule has 1 aromatic carbocycles. The van der Waals surface area contributed by atoms with Crippen LogP contribution < -0.4 is 20.9 Å². The largest absolute Gasteiger partial charge is 0.366 e. The van der Waals surface area contributed by atoms with Gasteiger partial charge in [0.05, 0.1) is 41.5 Å². The number of rotatable bonds is 8. The highest BCUT2D eigenvalue weighted by Crippen LogP contribution is 2.45. The van der Waals surface area contributed by atoms with Crippen LogP contribution in [0.1, 0.15) is 68.9 Å². The van der Waals surface area contributed by atoms with Crippen LogP contribution in [-0.2, 0) is 11.3 Å². The molecule has 6 heterocycles. The van der Waals surface area contributed by atoms with Crippen molar-refractivity contribution in [3.05, 3.63) is 71.4 Å². The number of hydrogen-bond donors (Lipinski definition) is 3. The topological polar surface area (TPSA) is 171 Å². The molecular weight excluding hydrogens is 638 g/mol. The molecule has 256 valence electrons. The molecule has 0 radical (unpaired) electrons. The maximum Gasteiger partial charge on any atom is 0.273 e. The number of anilines is 4. The van der Waals surface area contributed by atoms with E-state index in [2.05, 4.69) is 36.0 Å². The van der Waals surface area contributed by atoms with Gasteiger partial charge in [-0.3, -0.25) is 23.9 Å². The third-order valence-electron chi connectivity index (χ3n) is 9.77. The molecule has 3 fully saturated rings. The molecule has 0 unspecified atom stereocenters. The summed E-state index contributed by atoms with van der Waals surface area (Å²) in [6.07, 6.45) is 5.55. The van der Waals surface area contributed by atoms with Gasteiger partial charge in [0.25, 0.3) is 17.7 Å². The Balaban J connectivity index is 1.01. The Kier molecular flexibility index (Phi) is 7.88. The molecule has 4 aromatic rings. The lowest BCUT2D eigenvalue weighted by atomic mass is 9.97. The summed E-state index contributed by atoms with van der Waals surface area (Å²) in [5.41, 5.74) is 5.74. The first-order chi connectivity index (χ1) is 24.3. The van der Waals surface area contributed by atoms with Crippen LogP contribution in [0.25, 0.3) is 11.1 Å². The number of carbonyl (C=O) groups excluding carboxylic acids is 4. The Bertz CT molecular complexity index is 2030.